The van der Waals surface area contributed by atoms with E-state index in [2.05, 4.69) is 0 Å². The fraction of sp³-hybridized carbons (Fsp3) is 1.00. The second kappa shape index (κ2) is 9.15. The first kappa shape index (κ1) is 20.6. The van der Waals surface area contributed by atoms with E-state index in [1.54, 1.807) is 0 Å². The van der Waals surface area contributed by atoms with Crippen molar-refractivity contribution in [3.63, 3.8) is 0 Å². The van der Waals surface area contributed by atoms with Crippen LogP contribution >= 0.6 is 0 Å². The lowest BCUT2D eigenvalue weighted by Crippen LogP contribution is -2.61. The summed E-state index contributed by atoms with van der Waals surface area (Å²) in [5, 5.41) is 84.9. The van der Waals surface area contributed by atoms with Gasteiger partial charge in [0.25, 0.3) is 0 Å². The Labute approximate surface area is 131 Å². The Morgan fingerprint density at radius 3 is 1.87 bits per heavy atom. The fourth-order valence-corrected chi connectivity index (χ4v) is 2.16. The molecule has 23 heavy (non-hydrogen) atoms. The molecule has 1 aliphatic rings. The highest BCUT2D eigenvalue weighted by atomic mass is 16.7. The van der Waals surface area contributed by atoms with E-state index in [1.807, 2.05) is 0 Å². The van der Waals surface area contributed by atoms with Gasteiger partial charge in [0.05, 0.1) is 19.8 Å². The Kier molecular flexibility index (Phi) is 8.20. The Bertz CT molecular complexity index is 341. The van der Waals surface area contributed by atoms with Crippen molar-refractivity contribution in [3.05, 3.63) is 0 Å². The summed E-state index contributed by atoms with van der Waals surface area (Å²) in [6.45, 7) is -2.45. The van der Waals surface area contributed by atoms with E-state index >= 15 is 0 Å². The van der Waals surface area contributed by atoms with Crippen LogP contribution in [0.3, 0.4) is 0 Å². The molecule has 9 N–H and O–H groups in total. The van der Waals surface area contributed by atoms with Crippen LogP contribution in [0.25, 0.3) is 0 Å². The molecule has 0 saturated carbocycles. The van der Waals surface area contributed by atoms with Crippen LogP contribution < -0.4 is 0 Å². The highest BCUT2D eigenvalue weighted by Gasteiger charge is 2.46. The van der Waals surface area contributed by atoms with Gasteiger partial charge >= 0.3 is 0 Å². The Morgan fingerprint density at radius 2 is 1.39 bits per heavy atom. The number of aliphatic hydroxyl groups excluding tert-OH is 9. The smallest absolute Gasteiger partial charge is 0.187 e. The number of rotatable bonds is 8. The Balaban J connectivity index is 2.89. The Hall–Kier alpha value is -0.440. The largest absolute Gasteiger partial charge is 0.394 e. The quantitative estimate of drug-likeness (QED) is 0.203. The summed E-state index contributed by atoms with van der Waals surface area (Å²) >= 11 is 0. The van der Waals surface area contributed by atoms with Crippen molar-refractivity contribution in [2.75, 3.05) is 19.8 Å². The normalized spacial score (nSPS) is 37.2. The molecule has 0 aromatic rings. The molecule has 0 spiro atoms. The summed E-state index contributed by atoms with van der Waals surface area (Å²) < 4.78 is 10.1. The van der Waals surface area contributed by atoms with Gasteiger partial charge in [-0.05, 0) is 0 Å². The predicted octanol–water partition coefficient (Wildman–Crippen LogP) is -5.76. The molecule has 0 radical (unpaired) electrons. The summed E-state index contributed by atoms with van der Waals surface area (Å²) in [7, 11) is 0. The van der Waals surface area contributed by atoms with E-state index in [0.717, 1.165) is 0 Å². The molecule has 11 heteroatoms. The maximum atomic E-state index is 9.83. The van der Waals surface area contributed by atoms with Gasteiger partial charge in [0.1, 0.15) is 48.8 Å². The lowest BCUT2D eigenvalue weighted by Gasteiger charge is -2.42. The number of hydrogen-bond donors (Lipinski definition) is 9. The van der Waals surface area contributed by atoms with Crippen LogP contribution in [-0.4, -0.2) is 121 Å². The molecule has 0 amide bonds. The molecular formula is C12H24O11. The van der Waals surface area contributed by atoms with E-state index in [1.165, 1.54) is 0 Å². The summed E-state index contributed by atoms with van der Waals surface area (Å²) in [5.74, 6) is 0. The highest BCUT2D eigenvalue weighted by molar-refractivity contribution is 4.91. The van der Waals surface area contributed by atoms with Crippen molar-refractivity contribution >= 4 is 0 Å². The molecule has 1 rings (SSSR count). The Morgan fingerprint density at radius 1 is 0.826 bits per heavy atom. The topological polar surface area (TPSA) is 201 Å². The third kappa shape index (κ3) is 4.78. The zero-order valence-electron chi connectivity index (χ0n) is 12.2. The number of hydrogen-bond acceptors (Lipinski definition) is 11. The van der Waals surface area contributed by atoms with Gasteiger partial charge in [-0.2, -0.15) is 0 Å². The minimum atomic E-state index is -1.85. The van der Waals surface area contributed by atoms with Crippen LogP contribution in [0.15, 0.2) is 0 Å². The average Bonchev–Trinajstić information content (AvgIpc) is 2.57. The van der Waals surface area contributed by atoms with Crippen LogP contribution in [0.5, 0.6) is 0 Å². The van der Waals surface area contributed by atoms with E-state index in [0.29, 0.717) is 0 Å². The van der Waals surface area contributed by atoms with Gasteiger partial charge in [-0.3, -0.25) is 0 Å². The minimum absolute atomic E-state index is 0.708. The predicted molar refractivity (Wildman–Crippen MR) is 70.8 cm³/mol. The van der Waals surface area contributed by atoms with Crippen molar-refractivity contribution in [2.24, 2.45) is 0 Å². The minimum Gasteiger partial charge on any atom is -0.394 e. The zero-order chi connectivity index (χ0) is 17.7. The summed E-state index contributed by atoms with van der Waals surface area (Å²) in [5.41, 5.74) is 0. The molecule has 1 fully saturated rings. The van der Waals surface area contributed by atoms with Gasteiger partial charge in [-0.1, -0.05) is 0 Å². The molecule has 1 heterocycles. The highest BCUT2D eigenvalue weighted by Crippen LogP contribution is 2.24. The van der Waals surface area contributed by atoms with Gasteiger partial charge in [0, 0.05) is 0 Å². The monoisotopic (exact) mass is 344 g/mol. The second-order valence-corrected chi connectivity index (χ2v) is 5.29. The van der Waals surface area contributed by atoms with Crippen molar-refractivity contribution < 1.29 is 55.4 Å². The van der Waals surface area contributed by atoms with E-state index in [-0.39, 0.29) is 0 Å². The molecule has 1 saturated heterocycles. The van der Waals surface area contributed by atoms with E-state index in [9.17, 15) is 30.6 Å². The standard InChI is InChI=1S/C12H24O11/c13-1-4(16)7(18)11(5(17)2-14)23-12-10(21)9(20)8(19)6(3-15)22-12/h4-21H,1-3H2/t4-,5-,6-,7-,8-,9+,10+,11+,12+/m1/s1. The van der Waals surface area contributed by atoms with Gasteiger partial charge in [0.15, 0.2) is 6.29 Å². The average molecular weight is 344 g/mol. The lowest BCUT2D eigenvalue weighted by molar-refractivity contribution is -0.327. The first-order valence-electron chi connectivity index (χ1n) is 7.00. The van der Waals surface area contributed by atoms with Gasteiger partial charge in [-0.25, -0.2) is 0 Å². The van der Waals surface area contributed by atoms with Crippen LogP contribution in [0, 0.1) is 0 Å². The zero-order valence-corrected chi connectivity index (χ0v) is 12.2. The maximum absolute atomic E-state index is 9.83. The molecule has 0 aliphatic carbocycles. The van der Waals surface area contributed by atoms with Gasteiger partial charge in [0.2, 0.25) is 0 Å². The molecule has 0 aromatic heterocycles. The molecule has 0 bridgehead atoms. The van der Waals surface area contributed by atoms with Gasteiger partial charge < -0.3 is 55.4 Å². The van der Waals surface area contributed by atoms with E-state index < -0.39 is 74.9 Å². The van der Waals surface area contributed by atoms with Crippen molar-refractivity contribution in [1.29, 1.82) is 0 Å². The molecule has 0 unspecified atom stereocenters. The van der Waals surface area contributed by atoms with E-state index in [4.69, 9.17) is 24.8 Å². The molecular weight excluding hydrogens is 320 g/mol. The molecule has 0 aromatic carbocycles. The lowest BCUT2D eigenvalue weighted by atomic mass is 9.98. The van der Waals surface area contributed by atoms with Crippen LogP contribution in [0.4, 0.5) is 0 Å². The molecule has 11 nitrogen and oxygen atoms in total. The first-order chi connectivity index (χ1) is 10.8. The van der Waals surface area contributed by atoms with Crippen molar-refractivity contribution in [3.8, 4) is 0 Å². The number of ether oxygens (including phenoxy) is 2. The van der Waals surface area contributed by atoms with Crippen molar-refractivity contribution in [2.45, 2.75) is 55.1 Å². The third-order valence-corrected chi connectivity index (χ3v) is 3.62. The molecule has 1 aliphatic heterocycles. The SMILES string of the molecule is OC[C@@H](O)[C@@H](O)[C@@H](O[C@@H]1O[C@H](CO)[C@@H](O)[C@H](O)[C@@H]1O)[C@H](O)CO. The van der Waals surface area contributed by atoms with Crippen LogP contribution in [0.2, 0.25) is 0 Å². The summed E-state index contributed by atoms with van der Waals surface area (Å²) in [4.78, 5) is 0. The maximum Gasteiger partial charge on any atom is 0.187 e. The fourth-order valence-electron chi connectivity index (χ4n) is 2.16. The summed E-state index contributed by atoms with van der Waals surface area (Å²) in [6, 6.07) is 0. The first-order valence-corrected chi connectivity index (χ1v) is 7.00. The third-order valence-electron chi connectivity index (χ3n) is 3.62. The van der Waals surface area contributed by atoms with Crippen LogP contribution in [0.1, 0.15) is 0 Å². The van der Waals surface area contributed by atoms with Crippen molar-refractivity contribution in [1.82, 2.24) is 0 Å². The molecule has 138 valence electrons. The number of aliphatic hydroxyl groups is 9. The summed E-state index contributed by atoms with van der Waals surface area (Å²) in [6.07, 6.45) is -15.1. The van der Waals surface area contributed by atoms with Gasteiger partial charge in [-0.15, -0.1) is 0 Å². The second-order valence-electron chi connectivity index (χ2n) is 5.29. The molecule has 9 atom stereocenters. The van der Waals surface area contributed by atoms with Crippen LogP contribution in [-0.2, 0) is 9.47 Å².